The predicted molar refractivity (Wildman–Crippen MR) is 37.5 cm³/mol. The normalized spacial score (nSPS) is 10.2. The zero-order chi connectivity index (χ0) is 7.82. The van der Waals surface area contributed by atoms with Gasteiger partial charge in [0.25, 0.3) is 0 Å². The second-order valence-corrected chi connectivity index (χ2v) is 1.75. The van der Waals surface area contributed by atoms with Crippen LogP contribution in [0.15, 0.2) is 12.2 Å². The van der Waals surface area contributed by atoms with Crippen molar-refractivity contribution in [2.45, 2.75) is 13.3 Å². The minimum atomic E-state index is -0.393. The first-order valence-corrected chi connectivity index (χ1v) is 3.25. The van der Waals surface area contributed by atoms with E-state index in [2.05, 4.69) is 4.74 Å². The molecule has 3 heteroatoms. The molecule has 0 saturated carbocycles. The summed E-state index contributed by atoms with van der Waals surface area (Å²) in [5, 5.41) is 8.25. The van der Waals surface area contributed by atoms with Crippen molar-refractivity contribution in [3.63, 3.8) is 0 Å². The third kappa shape index (κ3) is 5.31. The fraction of sp³-hybridized carbons (Fsp3) is 0.571. The average molecular weight is 144 g/mol. The summed E-state index contributed by atoms with van der Waals surface area (Å²) in [7, 11) is 0. The van der Waals surface area contributed by atoms with Gasteiger partial charge in [-0.25, -0.2) is 4.79 Å². The molecule has 0 aliphatic carbocycles. The van der Waals surface area contributed by atoms with E-state index in [1.165, 1.54) is 12.2 Å². The topological polar surface area (TPSA) is 46.5 Å². The lowest BCUT2D eigenvalue weighted by Crippen LogP contribution is -2.01. The number of carbonyl (C=O) groups excluding carboxylic acids is 1. The summed E-state index contributed by atoms with van der Waals surface area (Å²) in [6.45, 7) is 2.23. The number of esters is 1. The number of aliphatic hydroxyl groups is 1. The second kappa shape index (κ2) is 6.29. The van der Waals surface area contributed by atoms with Crippen LogP contribution in [0.1, 0.15) is 13.3 Å². The largest absolute Gasteiger partial charge is 0.463 e. The summed E-state index contributed by atoms with van der Waals surface area (Å²) < 4.78 is 4.66. The molecular formula is C7H12O3. The maximum atomic E-state index is 10.5. The summed E-state index contributed by atoms with van der Waals surface area (Å²) in [5.41, 5.74) is 0. The second-order valence-electron chi connectivity index (χ2n) is 1.75. The van der Waals surface area contributed by atoms with Gasteiger partial charge in [0, 0.05) is 6.08 Å². The van der Waals surface area contributed by atoms with Gasteiger partial charge in [0.1, 0.15) is 0 Å². The maximum Gasteiger partial charge on any atom is 0.330 e. The van der Waals surface area contributed by atoms with E-state index in [4.69, 9.17) is 5.11 Å². The van der Waals surface area contributed by atoms with E-state index in [0.717, 1.165) is 6.42 Å². The van der Waals surface area contributed by atoms with E-state index in [-0.39, 0.29) is 6.61 Å². The van der Waals surface area contributed by atoms with Crippen LogP contribution in [0.25, 0.3) is 0 Å². The Morgan fingerprint density at radius 1 is 1.70 bits per heavy atom. The fourth-order valence-corrected chi connectivity index (χ4v) is 0.400. The molecule has 3 nitrogen and oxygen atoms in total. The SMILES string of the molecule is CCCOC(=O)C=CCO. The molecule has 0 saturated heterocycles. The van der Waals surface area contributed by atoms with Gasteiger partial charge in [-0.1, -0.05) is 13.0 Å². The van der Waals surface area contributed by atoms with Gasteiger partial charge in [0.2, 0.25) is 0 Å². The van der Waals surface area contributed by atoms with Gasteiger partial charge in [-0.05, 0) is 6.42 Å². The molecule has 0 heterocycles. The Morgan fingerprint density at radius 3 is 2.90 bits per heavy atom. The highest BCUT2D eigenvalue weighted by molar-refractivity contribution is 5.81. The van der Waals surface area contributed by atoms with Gasteiger partial charge in [0.05, 0.1) is 13.2 Å². The molecule has 0 spiro atoms. The summed E-state index contributed by atoms with van der Waals surface area (Å²) in [5.74, 6) is -0.393. The number of carbonyl (C=O) groups is 1. The molecule has 0 aromatic rings. The third-order valence-corrected chi connectivity index (χ3v) is 0.808. The van der Waals surface area contributed by atoms with E-state index in [1.54, 1.807) is 0 Å². The molecular weight excluding hydrogens is 132 g/mol. The van der Waals surface area contributed by atoms with Gasteiger partial charge in [0.15, 0.2) is 0 Å². The summed E-state index contributed by atoms with van der Waals surface area (Å²) >= 11 is 0. The highest BCUT2D eigenvalue weighted by Crippen LogP contribution is 1.83. The summed E-state index contributed by atoms with van der Waals surface area (Å²) in [6.07, 6.45) is 3.38. The first-order valence-electron chi connectivity index (χ1n) is 3.25. The van der Waals surface area contributed by atoms with E-state index in [1.807, 2.05) is 6.92 Å². The third-order valence-electron chi connectivity index (χ3n) is 0.808. The Bertz CT molecular complexity index is 118. The Balaban J connectivity index is 3.34. The quantitative estimate of drug-likeness (QED) is 0.461. The van der Waals surface area contributed by atoms with E-state index >= 15 is 0 Å². The van der Waals surface area contributed by atoms with Crippen LogP contribution in [0.2, 0.25) is 0 Å². The van der Waals surface area contributed by atoms with Gasteiger partial charge < -0.3 is 9.84 Å². The maximum absolute atomic E-state index is 10.5. The molecule has 10 heavy (non-hydrogen) atoms. The lowest BCUT2D eigenvalue weighted by atomic mass is 10.5. The van der Waals surface area contributed by atoms with Crippen LogP contribution in [0.5, 0.6) is 0 Å². The molecule has 58 valence electrons. The first-order chi connectivity index (χ1) is 4.81. The molecule has 0 aliphatic heterocycles. The van der Waals surface area contributed by atoms with Crippen molar-refractivity contribution < 1.29 is 14.6 Å². The smallest absolute Gasteiger partial charge is 0.330 e. The van der Waals surface area contributed by atoms with Gasteiger partial charge in [-0.15, -0.1) is 0 Å². The number of ether oxygens (including phenoxy) is 1. The molecule has 0 amide bonds. The van der Waals surface area contributed by atoms with Crippen LogP contribution < -0.4 is 0 Å². The van der Waals surface area contributed by atoms with Gasteiger partial charge in [-0.2, -0.15) is 0 Å². The molecule has 0 aromatic heterocycles. The van der Waals surface area contributed by atoms with E-state index in [0.29, 0.717) is 6.61 Å². The molecule has 1 N–H and O–H groups in total. The van der Waals surface area contributed by atoms with Crippen LogP contribution in [-0.2, 0) is 9.53 Å². The number of hydrogen-bond donors (Lipinski definition) is 1. The Labute approximate surface area is 60.3 Å². The van der Waals surface area contributed by atoms with Crippen molar-refractivity contribution in [3.05, 3.63) is 12.2 Å². The van der Waals surface area contributed by atoms with Crippen molar-refractivity contribution in [3.8, 4) is 0 Å². The molecule has 0 bridgehead atoms. The lowest BCUT2D eigenvalue weighted by Gasteiger charge is -1.95. The van der Waals surface area contributed by atoms with Gasteiger partial charge in [-0.3, -0.25) is 0 Å². The minimum absolute atomic E-state index is 0.124. The zero-order valence-electron chi connectivity index (χ0n) is 6.04. The highest BCUT2D eigenvalue weighted by atomic mass is 16.5. The molecule has 0 aliphatic rings. The van der Waals surface area contributed by atoms with Crippen LogP contribution in [0, 0.1) is 0 Å². The zero-order valence-corrected chi connectivity index (χ0v) is 6.04. The highest BCUT2D eigenvalue weighted by Gasteiger charge is 1.91. The van der Waals surface area contributed by atoms with Crippen molar-refractivity contribution in [2.24, 2.45) is 0 Å². The first kappa shape index (κ1) is 9.17. The Morgan fingerprint density at radius 2 is 2.40 bits per heavy atom. The van der Waals surface area contributed by atoms with Crippen molar-refractivity contribution in [1.29, 1.82) is 0 Å². The van der Waals surface area contributed by atoms with Crippen molar-refractivity contribution in [1.82, 2.24) is 0 Å². The Kier molecular flexibility index (Phi) is 5.77. The average Bonchev–Trinajstić information content (AvgIpc) is 1.97. The summed E-state index contributed by atoms with van der Waals surface area (Å²) in [4.78, 5) is 10.5. The monoisotopic (exact) mass is 144 g/mol. The molecule has 0 fully saturated rings. The van der Waals surface area contributed by atoms with Crippen LogP contribution >= 0.6 is 0 Å². The number of hydrogen-bond acceptors (Lipinski definition) is 3. The van der Waals surface area contributed by atoms with Crippen molar-refractivity contribution in [2.75, 3.05) is 13.2 Å². The fourth-order valence-electron chi connectivity index (χ4n) is 0.400. The molecule has 0 aromatic carbocycles. The summed E-state index contributed by atoms with van der Waals surface area (Å²) in [6, 6.07) is 0. The van der Waals surface area contributed by atoms with Crippen LogP contribution in [0.3, 0.4) is 0 Å². The van der Waals surface area contributed by atoms with Crippen LogP contribution in [0.4, 0.5) is 0 Å². The predicted octanol–water partition coefficient (Wildman–Crippen LogP) is 0.488. The molecule has 0 atom stereocenters. The van der Waals surface area contributed by atoms with Gasteiger partial charge >= 0.3 is 5.97 Å². The Hall–Kier alpha value is -0.830. The number of aliphatic hydroxyl groups excluding tert-OH is 1. The lowest BCUT2D eigenvalue weighted by molar-refractivity contribution is -0.137. The van der Waals surface area contributed by atoms with Crippen LogP contribution in [-0.4, -0.2) is 24.3 Å². The van der Waals surface area contributed by atoms with E-state index in [9.17, 15) is 4.79 Å². The minimum Gasteiger partial charge on any atom is -0.463 e. The van der Waals surface area contributed by atoms with Crippen molar-refractivity contribution >= 4 is 5.97 Å². The van der Waals surface area contributed by atoms with E-state index < -0.39 is 5.97 Å². The molecule has 0 rings (SSSR count). The molecule has 0 unspecified atom stereocenters. The molecule has 0 radical (unpaired) electrons. The number of rotatable bonds is 4. The standard InChI is InChI=1S/C7H12O3/c1-2-6-10-7(9)4-3-5-8/h3-4,8H,2,5-6H2,1H3.